The molecule has 0 unspecified atom stereocenters. The molecular weight excluding hydrogens is 256 g/mol. The van der Waals surface area contributed by atoms with Gasteiger partial charge in [0.1, 0.15) is 11.4 Å². The fourth-order valence-corrected chi connectivity index (χ4v) is 3.02. The van der Waals surface area contributed by atoms with Crippen LogP contribution in [0.5, 0.6) is 5.75 Å². The average Bonchev–Trinajstić information content (AvgIpc) is 2.86. The van der Waals surface area contributed by atoms with Crippen LogP contribution in [-0.2, 0) is 0 Å². The SMILES string of the molecule is COc1ccc2[nH]c(C(=O)O)c(C3CCNCC3)c2c1. The van der Waals surface area contributed by atoms with E-state index in [0.29, 0.717) is 5.69 Å². The summed E-state index contributed by atoms with van der Waals surface area (Å²) in [4.78, 5) is 14.5. The summed E-state index contributed by atoms with van der Waals surface area (Å²) in [6, 6.07) is 5.65. The summed E-state index contributed by atoms with van der Waals surface area (Å²) in [6.07, 6.45) is 1.93. The molecule has 0 amide bonds. The van der Waals surface area contributed by atoms with Gasteiger partial charge < -0.3 is 20.1 Å². The van der Waals surface area contributed by atoms with E-state index in [1.165, 1.54) is 0 Å². The molecule has 1 aliphatic rings. The van der Waals surface area contributed by atoms with Gasteiger partial charge in [0.15, 0.2) is 0 Å². The van der Waals surface area contributed by atoms with Gasteiger partial charge in [0.05, 0.1) is 7.11 Å². The van der Waals surface area contributed by atoms with Crippen molar-refractivity contribution in [3.05, 3.63) is 29.5 Å². The molecule has 0 atom stereocenters. The number of carboxylic acid groups (broad SMARTS) is 1. The van der Waals surface area contributed by atoms with Crippen LogP contribution in [0.4, 0.5) is 0 Å². The molecule has 3 rings (SSSR count). The van der Waals surface area contributed by atoms with Crippen LogP contribution < -0.4 is 10.1 Å². The summed E-state index contributed by atoms with van der Waals surface area (Å²) in [5.74, 6) is 0.139. The number of hydrogen-bond donors (Lipinski definition) is 3. The smallest absolute Gasteiger partial charge is 0.352 e. The Morgan fingerprint density at radius 1 is 1.35 bits per heavy atom. The molecule has 5 nitrogen and oxygen atoms in total. The van der Waals surface area contributed by atoms with Crippen molar-refractivity contribution in [1.82, 2.24) is 10.3 Å². The lowest BCUT2D eigenvalue weighted by molar-refractivity contribution is 0.0689. The highest BCUT2D eigenvalue weighted by molar-refractivity contribution is 5.98. The Morgan fingerprint density at radius 2 is 2.10 bits per heavy atom. The second-order valence-corrected chi connectivity index (χ2v) is 5.15. The molecule has 106 valence electrons. The van der Waals surface area contributed by atoms with Gasteiger partial charge in [0.25, 0.3) is 0 Å². The minimum absolute atomic E-state index is 0.281. The number of nitrogens with one attached hydrogen (secondary N) is 2. The van der Waals surface area contributed by atoms with Crippen molar-refractivity contribution in [2.24, 2.45) is 0 Å². The summed E-state index contributed by atoms with van der Waals surface area (Å²) in [6.45, 7) is 1.86. The van der Waals surface area contributed by atoms with E-state index >= 15 is 0 Å². The number of aromatic amines is 1. The van der Waals surface area contributed by atoms with E-state index in [9.17, 15) is 9.90 Å². The number of carbonyl (C=O) groups is 1. The van der Waals surface area contributed by atoms with Crippen LogP contribution in [0.3, 0.4) is 0 Å². The maximum absolute atomic E-state index is 11.5. The normalized spacial score (nSPS) is 16.4. The number of H-pyrrole nitrogens is 1. The van der Waals surface area contributed by atoms with Crippen molar-refractivity contribution in [2.75, 3.05) is 20.2 Å². The van der Waals surface area contributed by atoms with Crippen molar-refractivity contribution >= 4 is 16.9 Å². The topological polar surface area (TPSA) is 74.4 Å². The van der Waals surface area contributed by atoms with Crippen LogP contribution in [0, 0.1) is 0 Å². The van der Waals surface area contributed by atoms with E-state index < -0.39 is 5.97 Å². The molecule has 0 saturated carbocycles. The minimum Gasteiger partial charge on any atom is -0.497 e. The Labute approximate surface area is 116 Å². The predicted octanol–water partition coefficient (Wildman–Crippen LogP) is 2.34. The monoisotopic (exact) mass is 274 g/mol. The first-order valence-corrected chi connectivity index (χ1v) is 6.84. The first kappa shape index (κ1) is 13.0. The lowest BCUT2D eigenvalue weighted by Crippen LogP contribution is -2.27. The standard InChI is InChI=1S/C15H18N2O3/c1-20-10-2-3-12-11(8-10)13(14(17-12)15(18)19)9-4-6-16-7-5-9/h2-3,8-9,16-17H,4-7H2,1H3,(H,18,19). The molecule has 1 aromatic carbocycles. The van der Waals surface area contributed by atoms with Crippen molar-refractivity contribution in [3.63, 3.8) is 0 Å². The number of piperidine rings is 1. The summed E-state index contributed by atoms with van der Waals surface area (Å²) < 4.78 is 5.26. The number of fused-ring (bicyclic) bond motifs is 1. The molecule has 2 heterocycles. The second-order valence-electron chi connectivity index (χ2n) is 5.15. The fraction of sp³-hybridized carbons (Fsp3) is 0.400. The lowest BCUT2D eigenvalue weighted by Gasteiger charge is -2.23. The van der Waals surface area contributed by atoms with E-state index in [1.54, 1.807) is 7.11 Å². The van der Waals surface area contributed by atoms with Gasteiger partial charge >= 0.3 is 5.97 Å². The van der Waals surface area contributed by atoms with Crippen LogP contribution in [0.2, 0.25) is 0 Å². The molecule has 1 aliphatic heterocycles. The van der Waals surface area contributed by atoms with E-state index in [2.05, 4.69) is 10.3 Å². The molecule has 3 N–H and O–H groups in total. The molecule has 0 aliphatic carbocycles. The Hall–Kier alpha value is -2.01. The quantitative estimate of drug-likeness (QED) is 0.803. The van der Waals surface area contributed by atoms with Gasteiger partial charge in [0.2, 0.25) is 0 Å². The highest BCUT2D eigenvalue weighted by Crippen LogP contribution is 2.36. The van der Waals surface area contributed by atoms with Gasteiger partial charge in [-0.05, 0) is 55.6 Å². The molecule has 5 heteroatoms. The zero-order valence-electron chi connectivity index (χ0n) is 11.4. The number of aromatic nitrogens is 1. The third kappa shape index (κ3) is 2.14. The molecular formula is C15H18N2O3. The van der Waals surface area contributed by atoms with E-state index in [-0.39, 0.29) is 5.92 Å². The van der Waals surface area contributed by atoms with Gasteiger partial charge in [-0.25, -0.2) is 4.79 Å². The molecule has 0 bridgehead atoms. The molecule has 1 saturated heterocycles. The largest absolute Gasteiger partial charge is 0.497 e. The van der Waals surface area contributed by atoms with Crippen molar-refractivity contribution in [3.8, 4) is 5.75 Å². The first-order valence-electron chi connectivity index (χ1n) is 6.84. The predicted molar refractivity (Wildman–Crippen MR) is 76.7 cm³/mol. The number of aromatic carboxylic acids is 1. The molecule has 0 spiro atoms. The molecule has 1 fully saturated rings. The highest BCUT2D eigenvalue weighted by Gasteiger charge is 2.25. The maximum Gasteiger partial charge on any atom is 0.352 e. The fourth-order valence-electron chi connectivity index (χ4n) is 3.02. The maximum atomic E-state index is 11.5. The summed E-state index contributed by atoms with van der Waals surface area (Å²) in [7, 11) is 1.62. The molecule has 20 heavy (non-hydrogen) atoms. The molecule has 1 aromatic heterocycles. The van der Waals surface area contributed by atoms with Crippen LogP contribution >= 0.6 is 0 Å². The number of carboxylic acids is 1. The average molecular weight is 274 g/mol. The van der Waals surface area contributed by atoms with Crippen molar-refractivity contribution in [1.29, 1.82) is 0 Å². The molecule has 2 aromatic rings. The van der Waals surface area contributed by atoms with Gasteiger partial charge in [-0.15, -0.1) is 0 Å². The third-order valence-corrected chi connectivity index (χ3v) is 4.01. The summed E-state index contributed by atoms with van der Waals surface area (Å²) >= 11 is 0. The van der Waals surface area contributed by atoms with E-state index in [4.69, 9.17) is 4.74 Å². The molecule has 0 radical (unpaired) electrons. The number of rotatable bonds is 3. The van der Waals surface area contributed by atoms with Gasteiger partial charge in [-0.3, -0.25) is 0 Å². The van der Waals surface area contributed by atoms with Gasteiger partial charge in [-0.2, -0.15) is 0 Å². The highest BCUT2D eigenvalue weighted by atomic mass is 16.5. The Bertz CT molecular complexity index is 642. The van der Waals surface area contributed by atoms with Crippen LogP contribution in [-0.4, -0.2) is 36.3 Å². The number of methoxy groups -OCH3 is 1. The number of ether oxygens (including phenoxy) is 1. The van der Waals surface area contributed by atoms with Gasteiger partial charge in [-0.1, -0.05) is 0 Å². The summed E-state index contributed by atoms with van der Waals surface area (Å²) in [5.41, 5.74) is 2.10. The zero-order valence-corrected chi connectivity index (χ0v) is 11.4. The Balaban J connectivity index is 2.18. The third-order valence-electron chi connectivity index (χ3n) is 4.01. The van der Waals surface area contributed by atoms with Crippen LogP contribution in [0.1, 0.15) is 34.8 Å². The van der Waals surface area contributed by atoms with Crippen LogP contribution in [0.25, 0.3) is 10.9 Å². The van der Waals surface area contributed by atoms with Crippen molar-refractivity contribution < 1.29 is 14.6 Å². The first-order chi connectivity index (χ1) is 9.70. The van der Waals surface area contributed by atoms with Crippen molar-refractivity contribution in [2.45, 2.75) is 18.8 Å². The minimum atomic E-state index is -0.895. The zero-order chi connectivity index (χ0) is 14.1. The van der Waals surface area contributed by atoms with Crippen LogP contribution in [0.15, 0.2) is 18.2 Å². The van der Waals surface area contributed by atoms with E-state index in [1.807, 2.05) is 18.2 Å². The van der Waals surface area contributed by atoms with E-state index in [0.717, 1.165) is 48.1 Å². The number of benzene rings is 1. The Kier molecular flexibility index (Phi) is 3.36. The number of hydrogen-bond acceptors (Lipinski definition) is 3. The second kappa shape index (κ2) is 5.17. The summed E-state index contributed by atoms with van der Waals surface area (Å²) in [5, 5.41) is 13.7. The lowest BCUT2D eigenvalue weighted by atomic mass is 9.88. The Morgan fingerprint density at radius 3 is 2.75 bits per heavy atom. The van der Waals surface area contributed by atoms with Gasteiger partial charge in [0, 0.05) is 10.9 Å².